The molecule has 1 rings (SSSR count). The van der Waals surface area contributed by atoms with Gasteiger partial charge in [0.1, 0.15) is 0 Å². The summed E-state index contributed by atoms with van der Waals surface area (Å²) in [6.07, 6.45) is 4.18. The van der Waals surface area contributed by atoms with E-state index in [1.54, 1.807) is 0 Å². The number of hydrogen-bond donors (Lipinski definition) is 1. The molecule has 0 aromatic rings. The second kappa shape index (κ2) is 3.11. The molecule has 1 saturated carbocycles. The molecule has 0 bridgehead atoms. The van der Waals surface area contributed by atoms with Crippen molar-refractivity contribution in [1.29, 1.82) is 0 Å². The van der Waals surface area contributed by atoms with Crippen molar-refractivity contribution in [3.8, 4) is 0 Å². The summed E-state index contributed by atoms with van der Waals surface area (Å²) in [5.41, 5.74) is 0. The predicted molar refractivity (Wildman–Crippen MR) is 45.3 cm³/mol. The molecule has 0 radical (unpaired) electrons. The molecule has 1 aliphatic rings. The second-order valence-corrected chi connectivity index (χ2v) is 5.46. The third-order valence-corrected chi connectivity index (χ3v) is 4.04. The summed E-state index contributed by atoms with van der Waals surface area (Å²) >= 11 is 0. The van der Waals surface area contributed by atoms with Gasteiger partial charge in [0.25, 0.3) is 0 Å². The fourth-order valence-electron chi connectivity index (χ4n) is 1.77. The fraction of sp³-hybridized carbons (Fsp3) is 1.00. The van der Waals surface area contributed by atoms with E-state index in [0.717, 1.165) is 19.3 Å². The minimum Gasteiger partial charge on any atom is -0.316 e. The van der Waals surface area contributed by atoms with Crippen LogP contribution in [0.5, 0.6) is 0 Å². The Hall–Kier alpha value is -0.0900. The standard InChI is InChI=1S/C7H15NO2S/c1-8-6-4-3-5-7(6)11(2,9)10/h6-8H,3-5H2,1-2H3/t6-,7-/m1/s1. The molecule has 0 aliphatic heterocycles. The molecule has 0 spiro atoms. The fourth-order valence-corrected chi connectivity index (χ4v) is 3.23. The van der Waals surface area contributed by atoms with Gasteiger partial charge in [-0.05, 0) is 19.9 Å². The molecule has 0 heterocycles. The van der Waals surface area contributed by atoms with E-state index in [4.69, 9.17) is 0 Å². The summed E-state index contributed by atoms with van der Waals surface area (Å²) in [6, 6.07) is 0.185. The zero-order chi connectivity index (χ0) is 8.48. The summed E-state index contributed by atoms with van der Waals surface area (Å²) in [7, 11) is -0.999. The third kappa shape index (κ3) is 1.93. The maximum absolute atomic E-state index is 11.2. The first-order chi connectivity index (χ1) is 5.05. The Kier molecular flexibility index (Phi) is 2.54. The molecule has 0 aromatic carbocycles. The van der Waals surface area contributed by atoms with Crippen LogP contribution >= 0.6 is 0 Å². The molecule has 1 fully saturated rings. The lowest BCUT2D eigenvalue weighted by Gasteiger charge is -2.16. The van der Waals surface area contributed by atoms with Gasteiger partial charge < -0.3 is 5.32 Å². The van der Waals surface area contributed by atoms with Crippen molar-refractivity contribution >= 4 is 9.84 Å². The Labute approximate surface area is 68.1 Å². The lowest BCUT2D eigenvalue weighted by Crippen LogP contribution is -2.37. The molecule has 0 aromatic heterocycles. The highest BCUT2D eigenvalue weighted by Gasteiger charge is 2.33. The van der Waals surface area contributed by atoms with E-state index in [0.29, 0.717) is 0 Å². The number of hydrogen-bond acceptors (Lipinski definition) is 3. The van der Waals surface area contributed by atoms with Gasteiger partial charge in [0.2, 0.25) is 0 Å². The van der Waals surface area contributed by atoms with Crippen LogP contribution < -0.4 is 5.32 Å². The highest BCUT2D eigenvalue weighted by Crippen LogP contribution is 2.24. The van der Waals surface area contributed by atoms with Crippen molar-refractivity contribution in [1.82, 2.24) is 5.32 Å². The first-order valence-corrected chi connectivity index (χ1v) is 5.87. The number of sulfone groups is 1. The Bertz CT molecular complexity index is 223. The predicted octanol–water partition coefficient (Wildman–Crippen LogP) is 0.171. The van der Waals surface area contributed by atoms with Crippen molar-refractivity contribution in [2.45, 2.75) is 30.6 Å². The summed E-state index contributed by atoms with van der Waals surface area (Å²) < 4.78 is 22.3. The van der Waals surface area contributed by atoms with Gasteiger partial charge in [0, 0.05) is 12.3 Å². The molecule has 4 heteroatoms. The Morgan fingerprint density at radius 3 is 2.36 bits per heavy atom. The monoisotopic (exact) mass is 177 g/mol. The van der Waals surface area contributed by atoms with E-state index in [-0.39, 0.29) is 11.3 Å². The van der Waals surface area contributed by atoms with Crippen LogP contribution in [-0.4, -0.2) is 33.0 Å². The average Bonchev–Trinajstić information content (AvgIpc) is 2.31. The second-order valence-electron chi connectivity index (χ2n) is 3.19. The van der Waals surface area contributed by atoms with Gasteiger partial charge in [-0.25, -0.2) is 8.42 Å². The lowest BCUT2D eigenvalue weighted by atomic mass is 10.2. The average molecular weight is 177 g/mol. The minimum absolute atomic E-state index is 0.146. The number of nitrogens with one attached hydrogen (secondary N) is 1. The molecule has 66 valence electrons. The molecular weight excluding hydrogens is 162 g/mol. The van der Waals surface area contributed by atoms with Crippen LogP contribution in [0.25, 0.3) is 0 Å². The van der Waals surface area contributed by atoms with E-state index in [1.807, 2.05) is 7.05 Å². The van der Waals surface area contributed by atoms with Crippen LogP contribution in [0.15, 0.2) is 0 Å². The summed E-state index contributed by atoms with van der Waals surface area (Å²) in [5, 5.41) is 2.90. The molecule has 3 nitrogen and oxygen atoms in total. The van der Waals surface area contributed by atoms with Gasteiger partial charge >= 0.3 is 0 Å². The van der Waals surface area contributed by atoms with Crippen molar-refractivity contribution in [2.75, 3.05) is 13.3 Å². The highest BCUT2D eigenvalue weighted by molar-refractivity contribution is 7.91. The molecule has 0 amide bonds. The first kappa shape index (κ1) is 9.00. The van der Waals surface area contributed by atoms with Crippen molar-refractivity contribution in [3.05, 3.63) is 0 Å². The van der Waals surface area contributed by atoms with Gasteiger partial charge in [-0.3, -0.25) is 0 Å². The van der Waals surface area contributed by atoms with Crippen LogP contribution in [0.3, 0.4) is 0 Å². The van der Waals surface area contributed by atoms with Crippen LogP contribution in [0.2, 0.25) is 0 Å². The molecule has 1 aliphatic carbocycles. The lowest BCUT2D eigenvalue weighted by molar-refractivity contribution is 0.542. The van der Waals surface area contributed by atoms with Crippen molar-refractivity contribution in [2.24, 2.45) is 0 Å². The van der Waals surface area contributed by atoms with Crippen molar-refractivity contribution < 1.29 is 8.42 Å². The van der Waals surface area contributed by atoms with Gasteiger partial charge in [0.15, 0.2) is 9.84 Å². The quantitative estimate of drug-likeness (QED) is 0.654. The number of rotatable bonds is 2. The van der Waals surface area contributed by atoms with E-state index in [9.17, 15) is 8.42 Å². The first-order valence-electron chi connectivity index (χ1n) is 3.92. The van der Waals surface area contributed by atoms with Crippen LogP contribution in [-0.2, 0) is 9.84 Å². The molecule has 0 saturated heterocycles. The largest absolute Gasteiger partial charge is 0.316 e. The highest BCUT2D eigenvalue weighted by atomic mass is 32.2. The van der Waals surface area contributed by atoms with E-state index >= 15 is 0 Å². The topological polar surface area (TPSA) is 46.2 Å². The van der Waals surface area contributed by atoms with Crippen molar-refractivity contribution in [3.63, 3.8) is 0 Å². The molecule has 2 atom stereocenters. The minimum atomic E-state index is -2.83. The zero-order valence-electron chi connectivity index (χ0n) is 7.00. The summed E-state index contributed by atoms with van der Waals surface area (Å²) in [6.45, 7) is 0. The summed E-state index contributed by atoms with van der Waals surface area (Å²) in [5.74, 6) is 0. The van der Waals surface area contributed by atoms with E-state index < -0.39 is 9.84 Å². The molecular formula is C7H15NO2S. The Morgan fingerprint density at radius 2 is 2.00 bits per heavy atom. The molecule has 0 unspecified atom stereocenters. The van der Waals surface area contributed by atoms with Gasteiger partial charge in [0.05, 0.1) is 5.25 Å². The van der Waals surface area contributed by atoms with Crippen LogP contribution in [0, 0.1) is 0 Å². The molecule has 1 N–H and O–H groups in total. The van der Waals surface area contributed by atoms with Gasteiger partial charge in [-0.15, -0.1) is 0 Å². The van der Waals surface area contributed by atoms with E-state index in [1.165, 1.54) is 6.26 Å². The Morgan fingerprint density at radius 1 is 1.36 bits per heavy atom. The smallest absolute Gasteiger partial charge is 0.151 e. The van der Waals surface area contributed by atoms with E-state index in [2.05, 4.69) is 5.32 Å². The maximum Gasteiger partial charge on any atom is 0.151 e. The zero-order valence-corrected chi connectivity index (χ0v) is 7.82. The third-order valence-electron chi connectivity index (χ3n) is 2.37. The Balaban J connectivity index is 2.72. The summed E-state index contributed by atoms with van der Waals surface area (Å²) in [4.78, 5) is 0. The van der Waals surface area contributed by atoms with Crippen LogP contribution in [0.4, 0.5) is 0 Å². The van der Waals surface area contributed by atoms with Crippen LogP contribution in [0.1, 0.15) is 19.3 Å². The van der Waals surface area contributed by atoms with Gasteiger partial charge in [-0.2, -0.15) is 0 Å². The SMILES string of the molecule is CN[C@@H]1CCC[C@H]1S(C)(=O)=O. The maximum atomic E-state index is 11.2. The normalized spacial score (nSPS) is 32.5. The van der Waals surface area contributed by atoms with Gasteiger partial charge in [-0.1, -0.05) is 6.42 Å². The molecule has 11 heavy (non-hydrogen) atoms.